The fourth-order valence-corrected chi connectivity index (χ4v) is 1.96. The number of nitrogens with two attached hydrogens (primary N) is 1. The molecular formula is C15H18N2O2. The second-order valence-corrected chi connectivity index (χ2v) is 4.70. The number of ether oxygens (including phenoxy) is 1. The predicted molar refractivity (Wildman–Crippen MR) is 77.3 cm³/mol. The van der Waals surface area contributed by atoms with Gasteiger partial charge in [0.25, 0.3) is 5.56 Å². The first-order valence-electron chi connectivity index (χ1n) is 6.22. The minimum absolute atomic E-state index is 0.0759. The molecule has 19 heavy (non-hydrogen) atoms. The van der Waals surface area contributed by atoms with Gasteiger partial charge in [0.05, 0.1) is 17.5 Å². The summed E-state index contributed by atoms with van der Waals surface area (Å²) in [5, 5.41) is 0. The third-order valence-electron chi connectivity index (χ3n) is 2.86. The average molecular weight is 258 g/mol. The van der Waals surface area contributed by atoms with Gasteiger partial charge in [-0.2, -0.15) is 0 Å². The van der Waals surface area contributed by atoms with E-state index in [1.807, 2.05) is 44.2 Å². The predicted octanol–water partition coefficient (Wildman–Crippen LogP) is 2.42. The van der Waals surface area contributed by atoms with Crippen LogP contribution in [0.5, 0.6) is 5.75 Å². The van der Waals surface area contributed by atoms with E-state index in [0.29, 0.717) is 0 Å². The minimum Gasteiger partial charge on any atom is -0.490 e. The van der Waals surface area contributed by atoms with E-state index in [9.17, 15) is 4.79 Å². The first kappa shape index (κ1) is 13.2. The summed E-state index contributed by atoms with van der Waals surface area (Å²) in [6, 6.07) is 11.1. The molecule has 100 valence electrons. The average Bonchev–Trinajstić information content (AvgIpc) is 2.37. The number of benzene rings is 1. The third-order valence-corrected chi connectivity index (χ3v) is 2.86. The number of para-hydroxylation sites is 1. The Labute approximate surface area is 112 Å². The van der Waals surface area contributed by atoms with Crippen LogP contribution in [0.2, 0.25) is 0 Å². The van der Waals surface area contributed by atoms with E-state index >= 15 is 0 Å². The molecule has 0 aliphatic carbocycles. The van der Waals surface area contributed by atoms with Crippen LogP contribution in [0.4, 0.5) is 5.69 Å². The highest BCUT2D eigenvalue weighted by molar-refractivity contribution is 5.68. The van der Waals surface area contributed by atoms with Gasteiger partial charge in [0.2, 0.25) is 0 Å². The number of pyridine rings is 1. The topological polar surface area (TPSA) is 57.2 Å². The Morgan fingerprint density at radius 2 is 1.84 bits per heavy atom. The van der Waals surface area contributed by atoms with Crippen molar-refractivity contribution < 1.29 is 4.74 Å². The second kappa shape index (κ2) is 5.18. The van der Waals surface area contributed by atoms with Crippen LogP contribution < -0.4 is 16.0 Å². The highest BCUT2D eigenvalue weighted by atomic mass is 16.5. The molecule has 0 unspecified atom stereocenters. The summed E-state index contributed by atoms with van der Waals surface area (Å²) >= 11 is 0. The lowest BCUT2D eigenvalue weighted by Crippen LogP contribution is -2.21. The van der Waals surface area contributed by atoms with Crippen LogP contribution in [0.3, 0.4) is 0 Å². The maximum atomic E-state index is 11.9. The first-order valence-corrected chi connectivity index (χ1v) is 6.22. The van der Waals surface area contributed by atoms with Gasteiger partial charge in [0, 0.05) is 12.6 Å². The molecule has 2 N–H and O–H groups in total. The molecule has 0 spiro atoms. The Kier molecular flexibility index (Phi) is 3.60. The number of nitrogens with zero attached hydrogens (tertiary/aromatic N) is 1. The Balaban J connectivity index is 2.59. The first-order chi connectivity index (χ1) is 9.00. The molecule has 0 saturated carbocycles. The summed E-state index contributed by atoms with van der Waals surface area (Å²) in [4.78, 5) is 11.9. The monoisotopic (exact) mass is 258 g/mol. The third kappa shape index (κ3) is 2.62. The van der Waals surface area contributed by atoms with Crippen molar-refractivity contribution in [2.75, 3.05) is 5.73 Å². The molecule has 2 rings (SSSR count). The van der Waals surface area contributed by atoms with E-state index in [-0.39, 0.29) is 17.4 Å². The van der Waals surface area contributed by atoms with Crippen molar-refractivity contribution in [3.05, 3.63) is 46.8 Å². The van der Waals surface area contributed by atoms with E-state index in [0.717, 1.165) is 17.0 Å². The molecular weight excluding hydrogens is 240 g/mol. The maximum absolute atomic E-state index is 11.9. The van der Waals surface area contributed by atoms with Gasteiger partial charge in [0.1, 0.15) is 5.75 Å². The van der Waals surface area contributed by atoms with E-state index < -0.39 is 0 Å². The van der Waals surface area contributed by atoms with Crippen LogP contribution in [0.15, 0.2) is 41.2 Å². The van der Waals surface area contributed by atoms with Crippen LogP contribution in [-0.2, 0) is 7.05 Å². The van der Waals surface area contributed by atoms with Crippen molar-refractivity contribution in [3.63, 3.8) is 0 Å². The molecule has 1 aromatic heterocycles. The summed E-state index contributed by atoms with van der Waals surface area (Å²) in [6.45, 7) is 3.94. The molecule has 0 amide bonds. The number of hydrogen-bond acceptors (Lipinski definition) is 3. The normalized spacial score (nSPS) is 10.7. The second-order valence-electron chi connectivity index (χ2n) is 4.70. The zero-order valence-corrected chi connectivity index (χ0v) is 11.4. The molecule has 0 saturated heterocycles. The highest BCUT2D eigenvalue weighted by Crippen LogP contribution is 2.29. The molecule has 0 aliphatic rings. The van der Waals surface area contributed by atoms with Crippen LogP contribution >= 0.6 is 0 Å². The lowest BCUT2D eigenvalue weighted by Gasteiger charge is -2.16. The van der Waals surface area contributed by atoms with Gasteiger partial charge >= 0.3 is 0 Å². The van der Waals surface area contributed by atoms with Gasteiger partial charge in [-0.25, -0.2) is 0 Å². The molecule has 4 heteroatoms. The number of hydrogen-bond donors (Lipinski definition) is 1. The van der Waals surface area contributed by atoms with Crippen LogP contribution in [0, 0.1) is 0 Å². The molecule has 1 heterocycles. The Morgan fingerprint density at radius 1 is 1.16 bits per heavy atom. The number of nitrogen functional groups attached to an aromatic ring is 1. The van der Waals surface area contributed by atoms with Crippen LogP contribution in [0.1, 0.15) is 13.8 Å². The van der Waals surface area contributed by atoms with E-state index in [1.54, 1.807) is 13.1 Å². The lowest BCUT2D eigenvalue weighted by molar-refractivity contribution is 0.243. The van der Waals surface area contributed by atoms with Crippen molar-refractivity contribution in [2.45, 2.75) is 20.0 Å². The standard InChI is InChI=1S/C15H18N2O2/c1-10(2)19-14-7-5-4-6-11(14)13-9-8-12(16)15(18)17(13)3/h4-10H,16H2,1-3H3. The van der Waals surface area contributed by atoms with Crippen LogP contribution in [-0.4, -0.2) is 10.7 Å². The van der Waals surface area contributed by atoms with E-state index in [4.69, 9.17) is 10.5 Å². The molecule has 4 nitrogen and oxygen atoms in total. The van der Waals surface area contributed by atoms with Crippen molar-refractivity contribution >= 4 is 5.69 Å². The molecule has 1 aromatic carbocycles. The SMILES string of the molecule is CC(C)Oc1ccccc1-c1ccc(N)c(=O)n1C. The molecule has 0 radical (unpaired) electrons. The molecule has 0 aliphatic heterocycles. The summed E-state index contributed by atoms with van der Waals surface area (Å²) in [6.07, 6.45) is 0.0759. The van der Waals surface area contributed by atoms with Crippen LogP contribution in [0.25, 0.3) is 11.3 Å². The van der Waals surface area contributed by atoms with Gasteiger partial charge in [-0.05, 0) is 38.1 Å². The van der Waals surface area contributed by atoms with Gasteiger partial charge in [0.15, 0.2) is 0 Å². The van der Waals surface area contributed by atoms with E-state index in [2.05, 4.69) is 0 Å². The maximum Gasteiger partial charge on any atom is 0.273 e. The highest BCUT2D eigenvalue weighted by Gasteiger charge is 2.11. The van der Waals surface area contributed by atoms with Crippen molar-refractivity contribution in [1.29, 1.82) is 0 Å². The number of rotatable bonds is 3. The van der Waals surface area contributed by atoms with Crippen molar-refractivity contribution in [1.82, 2.24) is 4.57 Å². The molecule has 0 fully saturated rings. The quantitative estimate of drug-likeness (QED) is 0.919. The zero-order valence-electron chi connectivity index (χ0n) is 11.4. The number of aromatic nitrogens is 1. The van der Waals surface area contributed by atoms with Gasteiger partial charge in [-0.15, -0.1) is 0 Å². The summed E-state index contributed by atoms with van der Waals surface area (Å²) < 4.78 is 7.32. The van der Waals surface area contributed by atoms with Crippen molar-refractivity contribution in [2.24, 2.45) is 7.05 Å². The fraction of sp³-hybridized carbons (Fsp3) is 0.267. The zero-order chi connectivity index (χ0) is 14.0. The summed E-state index contributed by atoms with van der Waals surface area (Å²) in [5.41, 5.74) is 7.34. The van der Waals surface area contributed by atoms with Crippen molar-refractivity contribution in [3.8, 4) is 17.0 Å². The van der Waals surface area contributed by atoms with Gasteiger partial charge in [-0.1, -0.05) is 12.1 Å². The Morgan fingerprint density at radius 3 is 2.53 bits per heavy atom. The fourth-order valence-electron chi connectivity index (χ4n) is 1.96. The minimum atomic E-state index is -0.197. The van der Waals surface area contributed by atoms with Gasteiger partial charge < -0.3 is 15.0 Å². The largest absolute Gasteiger partial charge is 0.490 e. The number of anilines is 1. The summed E-state index contributed by atoms with van der Waals surface area (Å²) in [7, 11) is 1.71. The molecule has 0 atom stereocenters. The van der Waals surface area contributed by atoms with E-state index in [1.165, 1.54) is 4.57 Å². The molecule has 0 bridgehead atoms. The Hall–Kier alpha value is -2.23. The van der Waals surface area contributed by atoms with Gasteiger partial charge in [-0.3, -0.25) is 4.79 Å². The molecule has 2 aromatic rings. The summed E-state index contributed by atoms with van der Waals surface area (Å²) in [5.74, 6) is 0.761. The smallest absolute Gasteiger partial charge is 0.273 e. The lowest BCUT2D eigenvalue weighted by atomic mass is 10.1. The Bertz CT molecular complexity index is 645.